The number of rotatable bonds is 6. The molecular weight excluding hydrogens is 234 g/mol. The molecule has 0 aliphatic rings. The molecule has 0 saturated carbocycles. The van der Waals surface area contributed by atoms with Gasteiger partial charge in [0.1, 0.15) is 12.6 Å². The van der Waals surface area contributed by atoms with Crippen LogP contribution in [0.4, 0.5) is 0 Å². The number of hydrogen-bond acceptors (Lipinski definition) is 1. The fourth-order valence-electron chi connectivity index (χ4n) is 2.21. The summed E-state index contributed by atoms with van der Waals surface area (Å²) in [6, 6.07) is 13.1. The first-order valence-corrected chi connectivity index (χ1v) is 6.72. The van der Waals surface area contributed by atoms with E-state index in [0.29, 0.717) is 6.04 Å². The van der Waals surface area contributed by atoms with Crippen molar-refractivity contribution >= 4 is 0 Å². The average Bonchev–Trinajstić information content (AvgIpc) is 2.88. The summed E-state index contributed by atoms with van der Waals surface area (Å²) in [6.07, 6.45) is 2.71. The lowest BCUT2D eigenvalue weighted by atomic mass is 9.99. The van der Waals surface area contributed by atoms with E-state index in [2.05, 4.69) is 50.0 Å². The fourth-order valence-corrected chi connectivity index (χ4v) is 2.21. The van der Waals surface area contributed by atoms with Crippen molar-refractivity contribution in [3.63, 3.8) is 0 Å². The maximum absolute atomic E-state index is 5.39. The highest BCUT2D eigenvalue weighted by molar-refractivity contribution is 5.23. The zero-order valence-corrected chi connectivity index (χ0v) is 11.7. The SMILES string of the molecule is C=C(C)CC([NH2+]Cc1ccco1)c1ccc(C)cc1. The van der Waals surface area contributed by atoms with E-state index in [1.807, 2.05) is 12.1 Å². The molecular formula is C17H22NO+. The van der Waals surface area contributed by atoms with E-state index in [9.17, 15) is 0 Å². The van der Waals surface area contributed by atoms with Crippen molar-refractivity contribution in [1.29, 1.82) is 0 Å². The van der Waals surface area contributed by atoms with Crippen molar-refractivity contribution < 1.29 is 9.73 Å². The summed E-state index contributed by atoms with van der Waals surface area (Å²) in [4.78, 5) is 0. The highest BCUT2D eigenvalue weighted by atomic mass is 16.3. The molecule has 1 atom stereocenters. The van der Waals surface area contributed by atoms with Crippen molar-refractivity contribution in [2.45, 2.75) is 32.9 Å². The Labute approximate surface area is 115 Å². The number of quaternary nitrogens is 1. The van der Waals surface area contributed by atoms with Crippen molar-refractivity contribution in [2.75, 3.05) is 0 Å². The fraction of sp³-hybridized carbons (Fsp3) is 0.294. The van der Waals surface area contributed by atoms with Gasteiger partial charge in [-0.2, -0.15) is 0 Å². The van der Waals surface area contributed by atoms with Gasteiger partial charge in [-0.1, -0.05) is 42.0 Å². The van der Waals surface area contributed by atoms with E-state index in [0.717, 1.165) is 18.7 Å². The van der Waals surface area contributed by atoms with E-state index in [4.69, 9.17) is 4.42 Å². The summed E-state index contributed by atoms with van der Waals surface area (Å²) in [5, 5.41) is 2.32. The molecule has 2 heteroatoms. The van der Waals surface area contributed by atoms with Crippen LogP contribution in [0, 0.1) is 6.92 Å². The van der Waals surface area contributed by atoms with E-state index >= 15 is 0 Å². The number of hydrogen-bond donors (Lipinski definition) is 1. The number of benzene rings is 1. The normalized spacial score (nSPS) is 12.3. The molecule has 0 fully saturated rings. The van der Waals surface area contributed by atoms with Gasteiger partial charge in [-0.15, -0.1) is 0 Å². The van der Waals surface area contributed by atoms with Gasteiger partial charge in [0.2, 0.25) is 0 Å². The molecule has 2 N–H and O–H groups in total. The maximum atomic E-state index is 5.39. The molecule has 2 aromatic rings. The van der Waals surface area contributed by atoms with Gasteiger partial charge in [0.15, 0.2) is 5.76 Å². The summed E-state index contributed by atoms with van der Waals surface area (Å²) in [5.74, 6) is 1.01. The van der Waals surface area contributed by atoms with Gasteiger partial charge < -0.3 is 9.73 Å². The second-order valence-electron chi connectivity index (χ2n) is 5.20. The van der Waals surface area contributed by atoms with Crippen LogP contribution in [0.3, 0.4) is 0 Å². The van der Waals surface area contributed by atoms with Crippen LogP contribution in [0.2, 0.25) is 0 Å². The van der Waals surface area contributed by atoms with Crippen LogP contribution < -0.4 is 5.32 Å². The number of aryl methyl sites for hydroxylation is 1. The highest BCUT2D eigenvalue weighted by Gasteiger charge is 2.15. The smallest absolute Gasteiger partial charge is 0.157 e. The predicted octanol–water partition coefficient (Wildman–Crippen LogP) is 3.36. The largest absolute Gasteiger partial charge is 0.463 e. The molecule has 0 spiro atoms. The molecule has 2 nitrogen and oxygen atoms in total. The van der Waals surface area contributed by atoms with Crippen LogP contribution in [0.1, 0.15) is 36.3 Å². The van der Waals surface area contributed by atoms with E-state index in [-0.39, 0.29) is 0 Å². The molecule has 0 amide bonds. The molecule has 19 heavy (non-hydrogen) atoms. The van der Waals surface area contributed by atoms with Crippen LogP contribution in [-0.4, -0.2) is 0 Å². The molecule has 1 aromatic carbocycles. The third kappa shape index (κ3) is 4.11. The lowest BCUT2D eigenvalue weighted by Crippen LogP contribution is -2.83. The van der Waals surface area contributed by atoms with Crippen molar-refractivity contribution in [2.24, 2.45) is 0 Å². The summed E-state index contributed by atoms with van der Waals surface area (Å²) < 4.78 is 5.39. The highest BCUT2D eigenvalue weighted by Crippen LogP contribution is 2.17. The first kappa shape index (κ1) is 13.6. The average molecular weight is 256 g/mol. The minimum atomic E-state index is 0.406. The van der Waals surface area contributed by atoms with Crippen molar-refractivity contribution in [3.05, 3.63) is 71.7 Å². The summed E-state index contributed by atoms with van der Waals surface area (Å²) in [5.41, 5.74) is 3.85. The van der Waals surface area contributed by atoms with Crippen LogP contribution >= 0.6 is 0 Å². The van der Waals surface area contributed by atoms with Gasteiger partial charge in [-0.3, -0.25) is 0 Å². The molecule has 1 unspecified atom stereocenters. The van der Waals surface area contributed by atoms with Crippen LogP contribution in [0.15, 0.2) is 59.2 Å². The standard InChI is InChI=1S/C17H21NO/c1-13(2)11-17(15-8-6-14(3)7-9-15)18-12-16-5-4-10-19-16/h4-10,17-18H,1,11-12H2,2-3H3/p+1. The van der Waals surface area contributed by atoms with E-state index < -0.39 is 0 Å². The van der Waals surface area contributed by atoms with E-state index in [1.165, 1.54) is 16.7 Å². The Hall–Kier alpha value is -1.80. The predicted molar refractivity (Wildman–Crippen MR) is 77.7 cm³/mol. The molecule has 0 radical (unpaired) electrons. The minimum absolute atomic E-state index is 0.406. The summed E-state index contributed by atoms with van der Waals surface area (Å²) in [7, 11) is 0. The number of nitrogens with two attached hydrogens (primary N) is 1. The van der Waals surface area contributed by atoms with Crippen molar-refractivity contribution in [1.82, 2.24) is 0 Å². The maximum Gasteiger partial charge on any atom is 0.157 e. The molecule has 0 aliphatic carbocycles. The molecule has 0 saturated heterocycles. The molecule has 100 valence electrons. The first-order chi connectivity index (χ1) is 9.15. The Bertz CT molecular complexity index is 511. The van der Waals surface area contributed by atoms with Gasteiger partial charge in [0.25, 0.3) is 0 Å². The Morgan fingerprint density at radius 3 is 2.58 bits per heavy atom. The monoisotopic (exact) mass is 256 g/mol. The molecule has 2 rings (SSSR count). The van der Waals surface area contributed by atoms with E-state index in [1.54, 1.807) is 6.26 Å². The molecule has 1 aromatic heterocycles. The second kappa shape index (κ2) is 6.39. The molecule has 0 bridgehead atoms. The molecule has 1 heterocycles. The zero-order valence-electron chi connectivity index (χ0n) is 11.7. The first-order valence-electron chi connectivity index (χ1n) is 6.72. The zero-order chi connectivity index (χ0) is 13.7. The van der Waals surface area contributed by atoms with Crippen LogP contribution in [0.25, 0.3) is 0 Å². The van der Waals surface area contributed by atoms with Gasteiger partial charge in [-0.25, -0.2) is 0 Å². The molecule has 0 aliphatic heterocycles. The summed E-state index contributed by atoms with van der Waals surface area (Å²) in [6.45, 7) is 9.10. The Balaban J connectivity index is 2.06. The van der Waals surface area contributed by atoms with Gasteiger partial charge in [0, 0.05) is 12.0 Å². The Morgan fingerprint density at radius 1 is 1.26 bits per heavy atom. The topological polar surface area (TPSA) is 29.8 Å². The second-order valence-corrected chi connectivity index (χ2v) is 5.20. The lowest BCUT2D eigenvalue weighted by Gasteiger charge is -2.16. The Morgan fingerprint density at radius 2 is 2.00 bits per heavy atom. The van der Waals surface area contributed by atoms with Gasteiger partial charge >= 0.3 is 0 Å². The Kier molecular flexibility index (Phi) is 4.58. The van der Waals surface area contributed by atoms with Crippen molar-refractivity contribution in [3.8, 4) is 0 Å². The number of furan rings is 1. The van der Waals surface area contributed by atoms with Gasteiger partial charge in [-0.05, 0) is 26.0 Å². The van der Waals surface area contributed by atoms with Crippen LogP contribution in [-0.2, 0) is 6.54 Å². The third-order valence-electron chi connectivity index (χ3n) is 3.26. The summed E-state index contributed by atoms with van der Waals surface area (Å²) >= 11 is 0. The van der Waals surface area contributed by atoms with Crippen LogP contribution in [0.5, 0.6) is 0 Å². The van der Waals surface area contributed by atoms with Gasteiger partial charge in [0.05, 0.1) is 6.26 Å². The quantitative estimate of drug-likeness (QED) is 0.789. The minimum Gasteiger partial charge on any atom is -0.463 e. The lowest BCUT2D eigenvalue weighted by molar-refractivity contribution is -0.712. The third-order valence-corrected chi connectivity index (χ3v) is 3.26.